The molecule has 0 spiro atoms. The molecule has 4 aromatic rings. The van der Waals surface area contributed by atoms with Gasteiger partial charge in [0.2, 0.25) is 0 Å². The number of halogens is 2. The summed E-state index contributed by atoms with van der Waals surface area (Å²) in [5, 5.41) is 26.1. The molecule has 170 valence electrons. The van der Waals surface area contributed by atoms with Crippen LogP contribution in [0.25, 0.3) is 27.8 Å². The third-order valence-corrected chi connectivity index (χ3v) is 5.60. The van der Waals surface area contributed by atoms with Crippen LogP contribution in [-0.2, 0) is 10.2 Å². The van der Waals surface area contributed by atoms with Gasteiger partial charge in [-0.2, -0.15) is 10.4 Å². The van der Waals surface area contributed by atoms with E-state index in [4.69, 9.17) is 4.74 Å². The zero-order chi connectivity index (χ0) is 23.9. The highest BCUT2D eigenvalue weighted by Crippen LogP contribution is 2.44. The molecule has 0 amide bonds. The lowest BCUT2D eigenvalue weighted by Gasteiger charge is -2.27. The number of methoxy groups -OCH3 is 1. The van der Waals surface area contributed by atoms with Crippen molar-refractivity contribution in [2.24, 2.45) is 0 Å². The number of fused-ring (bicyclic) bond motifs is 2. The summed E-state index contributed by atoms with van der Waals surface area (Å²) >= 11 is 0. The Morgan fingerprint density at radius 1 is 1.39 bits per heavy atom. The first-order valence-corrected chi connectivity index (χ1v) is 10.1. The molecule has 10 heteroatoms. The lowest BCUT2D eigenvalue weighted by molar-refractivity contribution is -0.138. The van der Waals surface area contributed by atoms with E-state index in [1.165, 1.54) is 25.3 Å². The number of pyridine rings is 1. The Labute approximate surface area is 187 Å². The minimum atomic E-state index is -1.89. The van der Waals surface area contributed by atoms with Crippen LogP contribution in [0.4, 0.5) is 8.78 Å². The lowest BCUT2D eigenvalue weighted by Crippen LogP contribution is -2.23. The number of aromatic nitrogens is 4. The van der Waals surface area contributed by atoms with E-state index >= 15 is 4.39 Å². The number of rotatable bonds is 7. The zero-order valence-corrected chi connectivity index (χ0v) is 18.2. The maximum atomic E-state index is 15.6. The van der Waals surface area contributed by atoms with E-state index in [1.807, 2.05) is 0 Å². The van der Waals surface area contributed by atoms with E-state index in [9.17, 15) is 19.6 Å². The maximum absolute atomic E-state index is 15.6. The number of alkyl halides is 1. The normalized spacial score (nSPS) is 12.7. The molecule has 1 atom stereocenters. The summed E-state index contributed by atoms with van der Waals surface area (Å²) in [5.41, 5.74) is 1.14. The first-order valence-electron chi connectivity index (χ1n) is 10.1. The van der Waals surface area contributed by atoms with Crippen molar-refractivity contribution in [3.8, 4) is 17.5 Å². The van der Waals surface area contributed by atoms with Crippen LogP contribution in [0.5, 0.6) is 5.75 Å². The third-order valence-electron chi connectivity index (χ3n) is 5.60. The maximum Gasteiger partial charge on any atom is 0.306 e. The molecular formula is C23H21F2N5O3. The standard InChI is InChI=1S/C23H21F2N5O3/c1-23(2,6-7-26)21-19(15(25)10-18(31)32)20-16(8-12-11-27-29-22(12)28-20)30(21)13-4-5-14(24)17(9-13)33-3/h4-5,8-9,11,15H,6,10H2,1-3H3,(H,31,32)(H,27,28,29)/t15-/m1/s1. The molecule has 3 aromatic heterocycles. The van der Waals surface area contributed by atoms with Crippen LogP contribution in [0.1, 0.15) is 44.1 Å². The smallest absolute Gasteiger partial charge is 0.306 e. The molecule has 0 aliphatic carbocycles. The number of hydrogen-bond donors (Lipinski definition) is 2. The van der Waals surface area contributed by atoms with E-state index in [0.29, 0.717) is 27.9 Å². The Balaban J connectivity index is 2.18. The van der Waals surface area contributed by atoms with Crippen LogP contribution in [-0.4, -0.2) is 37.9 Å². The van der Waals surface area contributed by atoms with Crippen molar-refractivity contribution in [1.82, 2.24) is 19.7 Å². The largest absolute Gasteiger partial charge is 0.494 e. The van der Waals surface area contributed by atoms with Crippen molar-refractivity contribution >= 4 is 28.0 Å². The summed E-state index contributed by atoms with van der Waals surface area (Å²) in [6, 6.07) is 8.08. The second kappa shape index (κ2) is 8.16. The number of carboxylic acids is 1. The molecule has 0 saturated heterocycles. The van der Waals surface area contributed by atoms with Gasteiger partial charge in [0.25, 0.3) is 0 Å². The molecule has 2 N–H and O–H groups in total. The van der Waals surface area contributed by atoms with E-state index < -0.39 is 29.8 Å². The van der Waals surface area contributed by atoms with Gasteiger partial charge < -0.3 is 14.4 Å². The van der Waals surface area contributed by atoms with Crippen LogP contribution in [0.15, 0.2) is 30.5 Å². The monoisotopic (exact) mass is 453 g/mol. The fourth-order valence-corrected chi connectivity index (χ4v) is 4.15. The van der Waals surface area contributed by atoms with Crippen LogP contribution in [0.2, 0.25) is 0 Å². The Hall–Kier alpha value is -4.00. The van der Waals surface area contributed by atoms with Crippen molar-refractivity contribution in [1.29, 1.82) is 5.26 Å². The highest BCUT2D eigenvalue weighted by molar-refractivity contribution is 5.94. The molecule has 3 heterocycles. The van der Waals surface area contributed by atoms with E-state index in [1.54, 1.807) is 30.7 Å². The highest BCUT2D eigenvalue weighted by Gasteiger charge is 2.36. The number of carboxylic acid groups (broad SMARTS) is 1. The molecule has 8 nitrogen and oxygen atoms in total. The summed E-state index contributed by atoms with van der Waals surface area (Å²) in [6.07, 6.45) is -1.08. The van der Waals surface area contributed by atoms with Gasteiger partial charge in [0, 0.05) is 40.2 Å². The minimum Gasteiger partial charge on any atom is -0.494 e. The first kappa shape index (κ1) is 22.2. The molecule has 1 aromatic carbocycles. The van der Waals surface area contributed by atoms with Crippen molar-refractivity contribution < 1.29 is 23.4 Å². The molecule has 0 saturated carbocycles. The SMILES string of the molecule is COc1cc(-n2c(C(C)(C)CC#N)c([C@H](F)CC(=O)O)c3nc4[nH]ncc4cc32)ccc1F. The van der Waals surface area contributed by atoms with Gasteiger partial charge in [-0.05, 0) is 18.2 Å². The highest BCUT2D eigenvalue weighted by atomic mass is 19.1. The Morgan fingerprint density at radius 2 is 2.15 bits per heavy atom. The van der Waals surface area contributed by atoms with Gasteiger partial charge in [-0.3, -0.25) is 9.89 Å². The molecular weight excluding hydrogens is 432 g/mol. The van der Waals surface area contributed by atoms with E-state index in [0.717, 1.165) is 0 Å². The summed E-state index contributed by atoms with van der Waals surface area (Å²) in [4.78, 5) is 15.9. The van der Waals surface area contributed by atoms with E-state index in [-0.39, 0.29) is 23.3 Å². The zero-order valence-electron chi connectivity index (χ0n) is 18.2. The van der Waals surface area contributed by atoms with Gasteiger partial charge in [0.05, 0.1) is 36.8 Å². The van der Waals surface area contributed by atoms with Gasteiger partial charge >= 0.3 is 5.97 Å². The van der Waals surface area contributed by atoms with Crippen molar-refractivity contribution in [2.75, 3.05) is 7.11 Å². The minimum absolute atomic E-state index is 0.0142. The summed E-state index contributed by atoms with van der Waals surface area (Å²) in [7, 11) is 1.34. The van der Waals surface area contributed by atoms with Crippen molar-refractivity contribution in [3.63, 3.8) is 0 Å². The fraction of sp³-hybridized carbons (Fsp3) is 0.304. The van der Waals surface area contributed by atoms with Crippen LogP contribution < -0.4 is 4.74 Å². The number of aliphatic carboxylic acids is 1. The first-order chi connectivity index (χ1) is 15.7. The number of nitriles is 1. The quantitative estimate of drug-likeness (QED) is 0.418. The van der Waals surface area contributed by atoms with Gasteiger partial charge in [-0.15, -0.1) is 0 Å². The average molecular weight is 453 g/mol. The van der Waals surface area contributed by atoms with Gasteiger partial charge in [-0.1, -0.05) is 13.8 Å². The average Bonchev–Trinajstić information content (AvgIpc) is 3.34. The van der Waals surface area contributed by atoms with Gasteiger partial charge in [-0.25, -0.2) is 13.8 Å². The van der Waals surface area contributed by atoms with Crippen LogP contribution in [0.3, 0.4) is 0 Å². The number of aromatic amines is 1. The molecule has 0 radical (unpaired) electrons. The molecule has 0 aliphatic rings. The summed E-state index contributed by atoms with van der Waals surface area (Å²) < 4.78 is 36.6. The third kappa shape index (κ3) is 3.75. The fourth-order valence-electron chi connectivity index (χ4n) is 4.15. The predicted octanol–water partition coefficient (Wildman–Crippen LogP) is 4.73. The molecule has 0 unspecified atom stereocenters. The second-order valence-electron chi connectivity index (χ2n) is 8.36. The summed E-state index contributed by atoms with van der Waals surface area (Å²) in [5.74, 6) is -1.89. The Morgan fingerprint density at radius 3 is 2.82 bits per heavy atom. The molecule has 4 rings (SSSR count). The van der Waals surface area contributed by atoms with Crippen molar-refractivity contribution in [3.05, 3.63) is 47.5 Å². The molecule has 0 aliphatic heterocycles. The topological polar surface area (TPSA) is 117 Å². The molecule has 0 fully saturated rings. The number of hydrogen-bond acceptors (Lipinski definition) is 5. The number of H-pyrrole nitrogens is 1. The Kier molecular flexibility index (Phi) is 5.49. The van der Waals surface area contributed by atoms with Gasteiger partial charge in [0.15, 0.2) is 17.2 Å². The Bertz CT molecular complexity index is 1420. The second-order valence-corrected chi connectivity index (χ2v) is 8.36. The predicted molar refractivity (Wildman–Crippen MR) is 117 cm³/mol. The number of benzene rings is 1. The number of carbonyl (C=O) groups is 1. The molecule has 33 heavy (non-hydrogen) atoms. The van der Waals surface area contributed by atoms with Crippen LogP contribution >= 0.6 is 0 Å². The number of nitrogens with one attached hydrogen (secondary N) is 1. The molecule has 0 bridgehead atoms. The number of ether oxygens (including phenoxy) is 1. The lowest BCUT2D eigenvalue weighted by atomic mass is 9.82. The van der Waals surface area contributed by atoms with Gasteiger partial charge in [0.1, 0.15) is 6.17 Å². The van der Waals surface area contributed by atoms with Crippen molar-refractivity contribution in [2.45, 2.75) is 38.3 Å². The number of nitrogens with zero attached hydrogens (tertiary/aromatic N) is 4. The summed E-state index contributed by atoms with van der Waals surface area (Å²) in [6.45, 7) is 3.54. The van der Waals surface area contributed by atoms with E-state index in [2.05, 4.69) is 21.3 Å². The van der Waals surface area contributed by atoms with Crippen LogP contribution in [0, 0.1) is 17.1 Å².